The molecule has 188 valence electrons. The summed E-state index contributed by atoms with van der Waals surface area (Å²) in [5.41, 5.74) is 4.73. The molecule has 11 heteroatoms. The maximum atomic E-state index is 11.1. The standard InChI is InChI=1S/C27H21N7O4/c35-22-15-17(11-13-21(22)24(36)37)23-14-12-20(38-23)16-28-34-27-32-25(29-18-7-3-1-4-8-18)31-26(33-27)30-19-9-5-2-6-10-19/h1-16,35H,(H,36,37)(H3,29,30,31,32,33,34). The summed E-state index contributed by atoms with van der Waals surface area (Å²) in [4.78, 5) is 24.3. The van der Waals surface area contributed by atoms with Crippen LogP contribution in [0.4, 0.5) is 29.2 Å². The minimum atomic E-state index is -1.21. The van der Waals surface area contributed by atoms with Crippen LogP contribution in [0.2, 0.25) is 0 Å². The molecule has 0 aliphatic carbocycles. The monoisotopic (exact) mass is 507 g/mol. The first-order valence-electron chi connectivity index (χ1n) is 11.4. The third-order valence-corrected chi connectivity index (χ3v) is 5.19. The number of carbonyl (C=O) groups is 1. The summed E-state index contributed by atoms with van der Waals surface area (Å²) in [5.74, 6) is 0.0950. The number of furan rings is 1. The third-order valence-electron chi connectivity index (χ3n) is 5.19. The number of benzene rings is 3. The average Bonchev–Trinajstić information content (AvgIpc) is 3.38. The molecular weight excluding hydrogens is 486 g/mol. The van der Waals surface area contributed by atoms with Crippen LogP contribution in [0.25, 0.3) is 11.3 Å². The Labute approximate surface area is 216 Å². The van der Waals surface area contributed by atoms with Gasteiger partial charge in [-0.2, -0.15) is 20.1 Å². The van der Waals surface area contributed by atoms with Crippen molar-refractivity contribution < 1.29 is 19.4 Å². The molecule has 0 aliphatic heterocycles. The summed E-state index contributed by atoms with van der Waals surface area (Å²) in [6.45, 7) is 0. The van der Waals surface area contributed by atoms with E-state index in [9.17, 15) is 9.90 Å². The van der Waals surface area contributed by atoms with E-state index in [0.717, 1.165) is 11.4 Å². The Bertz CT molecular complexity index is 1530. The largest absolute Gasteiger partial charge is 0.507 e. The van der Waals surface area contributed by atoms with Crippen molar-refractivity contribution in [2.45, 2.75) is 0 Å². The topological polar surface area (TPSA) is 158 Å². The van der Waals surface area contributed by atoms with Crippen LogP contribution in [0.5, 0.6) is 5.75 Å². The lowest BCUT2D eigenvalue weighted by molar-refractivity contribution is 0.0693. The van der Waals surface area contributed by atoms with Gasteiger partial charge in [0.05, 0.1) is 6.21 Å². The summed E-state index contributed by atoms with van der Waals surface area (Å²) >= 11 is 0. The molecule has 5 aromatic rings. The number of nitrogens with zero attached hydrogens (tertiary/aromatic N) is 4. The van der Waals surface area contributed by atoms with Gasteiger partial charge in [-0.15, -0.1) is 0 Å². The third kappa shape index (κ3) is 5.91. The Hall–Kier alpha value is -5.71. The molecule has 0 aliphatic rings. The fourth-order valence-corrected chi connectivity index (χ4v) is 3.44. The van der Waals surface area contributed by atoms with Gasteiger partial charge >= 0.3 is 5.97 Å². The number of aromatic carboxylic acids is 1. The van der Waals surface area contributed by atoms with Crippen LogP contribution in [0, 0.1) is 0 Å². The summed E-state index contributed by atoms with van der Waals surface area (Å²) in [6.07, 6.45) is 1.44. The Morgan fingerprint density at radius 2 is 1.39 bits per heavy atom. The van der Waals surface area contributed by atoms with E-state index < -0.39 is 5.97 Å². The Morgan fingerprint density at radius 3 is 1.97 bits per heavy atom. The van der Waals surface area contributed by atoms with E-state index >= 15 is 0 Å². The van der Waals surface area contributed by atoms with Crippen LogP contribution in [0.1, 0.15) is 16.1 Å². The highest BCUT2D eigenvalue weighted by Crippen LogP contribution is 2.28. The first-order chi connectivity index (χ1) is 18.5. The molecule has 2 aromatic heterocycles. The summed E-state index contributed by atoms with van der Waals surface area (Å²) in [6, 6.07) is 26.5. The van der Waals surface area contributed by atoms with Crippen molar-refractivity contribution in [1.82, 2.24) is 15.0 Å². The second kappa shape index (κ2) is 10.9. The number of hydrogen-bond donors (Lipinski definition) is 5. The van der Waals surface area contributed by atoms with Crippen molar-refractivity contribution in [3.63, 3.8) is 0 Å². The zero-order valence-corrected chi connectivity index (χ0v) is 19.7. The molecule has 5 rings (SSSR count). The molecule has 0 spiro atoms. The first kappa shape index (κ1) is 24.0. The lowest BCUT2D eigenvalue weighted by atomic mass is 10.1. The highest BCUT2D eigenvalue weighted by atomic mass is 16.4. The van der Waals surface area contributed by atoms with Crippen LogP contribution >= 0.6 is 0 Å². The fourth-order valence-electron chi connectivity index (χ4n) is 3.44. The zero-order valence-electron chi connectivity index (χ0n) is 19.7. The maximum absolute atomic E-state index is 11.1. The van der Waals surface area contributed by atoms with Crippen molar-refractivity contribution in [3.8, 4) is 17.1 Å². The van der Waals surface area contributed by atoms with E-state index in [1.54, 1.807) is 18.2 Å². The predicted molar refractivity (Wildman–Crippen MR) is 143 cm³/mol. The molecule has 0 atom stereocenters. The minimum absolute atomic E-state index is 0.189. The van der Waals surface area contributed by atoms with E-state index in [4.69, 9.17) is 9.52 Å². The Balaban J connectivity index is 1.33. The molecule has 0 radical (unpaired) electrons. The van der Waals surface area contributed by atoms with Gasteiger partial charge in [-0.25, -0.2) is 10.2 Å². The number of rotatable bonds is 9. The molecule has 0 bridgehead atoms. The lowest BCUT2D eigenvalue weighted by Gasteiger charge is -2.10. The van der Waals surface area contributed by atoms with E-state index in [1.807, 2.05) is 60.7 Å². The normalized spacial score (nSPS) is 10.8. The Morgan fingerprint density at radius 1 is 0.789 bits per heavy atom. The van der Waals surface area contributed by atoms with Gasteiger partial charge in [-0.05, 0) is 48.5 Å². The van der Waals surface area contributed by atoms with Gasteiger partial charge in [0.1, 0.15) is 22.8 Å². The molecule has 38 heavy (non-hydrogen) atoms. The Kier molecular flexibility index (Phi) is 6.89. The number of para-hydroxylation sites is 2. The van der Waals surface area contributed by atoms with E-state index in [2.05, 4.69) is 36.1 Å². The summed E-state index contributed by atoms with van der Waals surface area (Å²) in [5, 5.41) is 29.5. The lowest BCUT2D eigenvalue weighted by Crippen LogP contribution is -2.07. The smallest absolute Gasteiger partial charge is 0.339 e. The van der Waals surface area contributed by atoms with Crippen molar-refractivity contribution in [1.29, 1.82) is 0 Å². The number of hydrogen-bond acceptors (Lipinski definition) is 10. The van der Waals surface area contributed by atoms with E-state index in [1.165, 1.54) is 18.3 Å². The van der Waals surface area contributed by atoms with Crippen molar-refractivity contribution >= 4 is 41.4 Å². The number of phenols is 1. The van der Waals surface area contributed by atoms with Crippen LogP contribution in [-0.4, -0.2) is 37.3 Å². The van der Waals surface area contributed by atoms with Crippen LogP contribution in [-0.2, 0) is 0 Å². The number of aromatic hydroxyl groups is 1. The van der Waals surface area contributed by atoms with Gasteiger partial charge in [-0.1, -0.05) is 42.5 Å². The summed E-state index contributed by atoms with van der Waals surface area (Å²) in [7, 11) is 0. The molecule has 0 saturated heterocycles. The van der Waals surface area contributed by atoms with Crippen molar-refractivity contribution in [3.05, 3.63) is 102 Å². The number of aromatic nitrogens is 3. The SMILES string of the molecule is O=C(O)c1ccc(-c2ccc(C=NNc3nc(Nc4ccccc4)nc(Nc4ccccc4)n3)o2)cc1O. The number of nitrogens with one attached hydrogen (secondary N) is 3. The zero-order chi connectivity index (χ0) is 26.3. The first-order valence-corrected chi connectivity index (χ1v) is 11.4. The van der Waals surface area contributed by atoms with Gasteiger partial charge in [0.2, 0.25) is 17.8 Å². The molecule has 0 fully saturated rings. The number of anilines is 5. The van der Waals surface area contributed by atoms with Gasteiger partial charge in [0.25, 0.3) is 0 Å². The number of carboxylic acid groups (broad SMARTS) is 1. The van der Waals surface area contributed by atoms with Crippen LogP contribution in [0.3, 0.4) is 0 Å². The van der Waals surface area contributed by atoms with Gasteiger partial charge < -0.3 is 25.3 Å². The van der Waals surface area contributed by atoms with E-state index in [0.29, 0.717) is 29.0 Å². The fraction of sp³-hybridized carbons (Fsp3) is 0. The highest BCUT2D eigenvalue weighted by molar-refractivity contribution is 5.91. The minimum Gasteiger partial charge on any atom is -0.507 e. The van der Waals surface area contributed by atoms with Crippen molar-refractivity contribution in [2.75, 3.05) is 16.1 Å². The molecular formula is C27H21N7O4. The average molecular weight is 508 g/mol. The molecule has 2 heterocycles. The van der Waals surface area contributed by atoms with E-state index in [-0.39, 0.29) is 17.3 Å². The van der Waals surface area contributed by atoms with Gasteiger partial charge in [0.15, 0.2) is 0 Å². The highest BCUT2D eigenvalue weighted by Gasteiger charge is 2.12. The maximum Gasteiger partial charge on any atom is 0.339 e. The molecule has 11 nitrogen and oxygen atoms in total. The van der Waals surface area contributed by atoms with Crippen LogP contribution < -0.4 is 16.1 Å². The predicted octanol–water partition coefficient (Wildman–Crippen LogP) is 5.47. The molecule has 0 saturated carbocycles. The molecule has 5 N–H and O–H groups in total. The summed E-state index contributed by atoms with van der Waals surface area (Å²) < 4.78 is 5.74. The van der Waals surface area contributed by atoms with Gasteiger partial charge in [0, 0.05) is 16.9 Å². The van der Waals surface area contributed by atoms with Crippen molar-refractivity contribution in [2.24, 2.45) is 5.10 Å². The molecule has 0 unspecified atom stereocenters. The molecule has 0 amide bonds. The molecule has 3 aromatic carbocycles. The second-order valence-electron chi connectivity index (χ2n) is 7.90. The number of hydrazone groups is 1. The second-order valence-corrected chi connectivity index (χ2v) is 7.90. The van der Waals surface area contributed by atoms with Crippen LogP contribution in [0.15, 0.2) is 101 Å². The quantitative estimate of drug-likeness (QED) is 0.128. The number of carboxylic acids is 1. The van der Waals surface area contributed by atoms with Gasteiger partial charge in [-0.3, -0.25) is 0 Å².